The lowest BCUT2D eigenvalue weighted by atomic mass is 9.83. The number of benzene rings is 2. The van der Waals surface area contributed by atoms with Crippen LogP contribution in [0.1, 0.15) is 40.2 Å². The molecule has 0 saturated heterocycles. The first kappa shape index (κ1) is 15.3. The highest BCUT2D eigenvalue weighted by molar-refractivity contribution is 5.89. The monoisotopic (exact) mass is 310 g/mol. The molecule has 0 aliphatic heterocycles. The van der Waals surface area contributed by atoms with Gasteiger partial charge in [0, 0.05) is 0 Å². The van der Waals surface area contributed by atoms with Crippen molar-refractivity contribution in [2.24, 2.45) is 0 Å². The van der Waals surface area contributed by atoms with E-state index >= 15 is 0 Å². The molecule has 2 aromatic rings. The molecule has 1 aliphatic carbocycles. The van der Waals surface area contributed by atoms with E-state index < -0.39 is 5.97 Å². The topological polar surface area (TPSA) is 52.6 Å². The van der Waals surface area contributed by atoms with Gasteiger partial charge in [-0.15, -0.1) is 0 Å². The van der Waals surface area contributed by atoms with Crippen LogP contribution in [0.3, 0.4) is 0 Å². The Hall–Kier alpha value is -2.62. The summed E-state index contributed by atoms with van der Waals surface area (Å²) in [7, 11) is 1.33. The van der Waals surface area contributed by atoms with Crippen molar-refractivity contribution in [1.82, 2.24) is 0 Å². The van der Waals surface area contributed by atoms with Gasteiger partial charge in [0.05, 0.1) is 18.6 Å². The summed E-state index contributed by atoms with van der Waals surface area (Å²) in [6.07, 6.45) is 2.79. The van der Waals surface area contributed by atoms with Crippen molar-refractivity contribution < 1.29 is 19.1 Å². The predicted octanol–water partition coefficient (Wildman–Crippen LogP) is 3.50. The van der Waals surface area contributed by atoms with Crippen LogP contribution in [0.4, 0.5) is 0 Å². The number of carbonyl (C=O) groups excluding carboxylic acids is 2. The van der Waals surface area contributed by atoms with E-state index in [0.717, 1.165) is 24.8 Å². The fraction of sp³-hybridized carbons (Fsp3) is 0.263. The molecule has 0 bridgehead atoms. The van der Waals surface area contributed by atoms with Gasteiger partial charge in [0.1, 0.15) is 5.75 Å². The Morgan fingerprint density at radius 3 is 2.52 bits per heavy atom. The Balaban J connectivity index is 1.74. The highest BCUT2D eigenvalue weighted by Crippen LogP contribution is 2.32. The molecule has 0 aromatic heterocycles. The molecule has 0 radical (unpaired) electrons. The molecule has 0 saturated carbocycles. The SMILES string of the molecule is COC(=O)c1ccc(OC(=O)C2CCCc3ccccc32)cc1. The van der Waals surface area contributed by atoms with Crippen LogP contribution in [0.5, 0.6) is 5.75 Å². The molecule has 1 unspecified atom stereocenters. The van der Waals surface area contributed by atoms with Gasteiger partial charge in [-0.2, -0.15) is 0 Å². The zero-order chi connectivity index (χ0) is 16.2. The smallest absolute Gasteiger partial charge is 0.337 e. The van der Waals surface area contributed by atoms with Crippen LogP contribution in [0.2, 0.25) is 0 Å². The van der Waals surface area contributed by atoms with Gasteiger partial charge in [-0.3, -0.25) is 4.79 Å². The summed E-state index contributed by atoms with van der Waals surface area (Å²) >= 11 is 0. The molecule has 1 atom stereocenters. The van der Waals surface area contributed by atoms with Crippen LogP contribution in [0.15, 0.2) is 48.5 Å². The van der Waals surface area contributed by atoms with Crippen molar-refractivity contribution in [2.45, 2.75) is 25.2 Å². The van der Waals surface area contributed by atoms with Crippen molar-refractivity contribution in [1.29, 1.82) is 0 Å². The summed E-state index contributed by atoms with van der Waals surface area (Å²) in [6, 6.07) is 14.4. The Bertz CT molecular complexity index is 718. The number of methoxy groups -OCH3 is 1. The number of ether oxygens (including phenoxy) is 2. The first-order valence-corrected chi connectivity index (χ1v) is 7.67. The maximum atomic E-state index is 12.5. The van der Waals surface area contributed by atoms with Crippen LogP contribution in [-0.4, -0.2) is 19.0 Å². The molecular formula is C19H18O4. The third-order valence-electron chi connectivity index (χ3n) is 4.15. The number of hydrogen-bond donors (Lipinski definition) is 0. The standard InChI is InChI=1S/C19H18O4/c1-22-18(20)14-9-11-15(12-10-14)23-19(21)17-8-4-6-13-5-2-3-7-16(13)17/h2-3,5,7,9-12,17H,4,6,8H2,1H3. The van der Waals surface area contributed by atoms with Gasteiger partial charge in [0.25, 0.3) is 0 Å². The van der Waals surface area contributed by atoms with E-state index in [9.17, 15) is 9.59 Å². The summed E-state index contributed by atoms with van der Waals surface area (Å²) in [5.74, 6) is -0.446. The zero-order valence-corrected chi connectivity index (χ0v) is 13.0. The maximum Gasteiger partial charge on any atom is 0.337 e. The lowest BCUT2D eigenvalue weighted by Gasteiger charge is -2.23. The van der Waals surface area contributed by atoms with Gasteiger partial charge in [-0.05, 0) is 54.7 Å². The number of esters is 2. The molecule has 0 fully saturated rings. The van der Waals surface area contributed by atoms with Crippen LogP contribution in [0, 0.1) is 0 Å². The van der Waals surface area contributed by atoms with Gasteiger partial charge >= 0.3 is 11.9 Å². The van der Waals surface area contributed by atoms with Gasteiger partial charge in [0.15, 0.2) is 0 Å². The van der Waals surface area contributed by atoms with Crippen LogP contribution >= 0.6 is 0 Å². The summed E-state index contributed by atoms with van der Waals surface area (Å²) in [6.45, 7) is 0. The van der Waals surface area contributed by atoms with E-state index in [-0.39, 0.29) is 11.9 Å². The molecule has 2 aromatic carbocycles. The van der Waals surface area contributed by atoms with Crippen LogP contribution < -0.4 is 4.74 Å². The number of fused-ring (bicyclic) bond motifs is 1. The summed E-state index contributed by atoms with van der Waals surface area (Å²) in [5.41, 5.74) is 2.71. The average molecular weight is 310 g/mol. The van der Waals surface area contributed by atoms with E-state index in [1.54, 1.807) is 24.3 Å². The highest BCUT2D eigenvalue weighted by atomic mass is 16.5. The van der Waals surface area contributed by atoms with Crippen molar-refractivity contribution in [3.8, 4) is 5.75 Å². The van der Waals surface area contributed by atoms with Crippen molar-refractivity contribution in [3.63, 3.8) is 0 Å². The quantitative estimate of drug-likeness (QED) is 0.643. The van der Waals surface area contributed by atoms with Gasteiger partial charge in [-0.25, -0.2) is 4.79 Å². The van der Waals surface area contributed by atoms with Gasteiger partial charge < -0.3 is 9.47 Å². The van der Waals surface area contributed by atoms with Crippen molar-refractivity contribution >= 4 is 11.9 Å². The van der Waals surface area contributed by atoms with Crippen LogP contribution in [0.25, 0.3) is 0 Å². The number of aryl methyl sites for hydroxylation is 1. The van der Waals surface area contributed by atoms with Crippen LogP contribution in [-0.2, 0) is 16.0 Å². The minimum Gasteiger partial charge on any atom is -0.465 e. The normalized spacial score (nSPS) is 16.3. The zero-order valence-electron chi connectivity index (χ0n) is 13.0. The first-order valence-electron chi connectivity index (χ1n) is 7.67. The molecule has 4 nitrogen and oxygen atoms in total. The maximum absolute atomic E-state index is 12.5. The molecule has 0 amide bonds. The highest BCUT2D eigenvalue weighted by Gasteiger charge is 2.27. The number of carbonyl (C=O) groups is 2. The Morgan fingerprint density at radius 1 is 1.04 bits per heavy atom. The van der Waals surface area contributed by atoms with Gasteiger partial charge in [0.2, 0.25) is 0 Å². The molecule has 0 spiro atoms. The second kappa shape index (κ2) is 6.65. The molecule has 118 valence electrons. The van der Waals surface area contributed by atoms with E-state index in [0.29, 0.717) is 11.3 Å². The summed E-state index contributed by atoms with van der Waals surface area (Å²) in [4.78, 5) is 23.9. The van der Waals surface area contributed by atoms with Gasteiger partial charge in [-0.1, -0.05) is 24.3 Å². The lowest BCUT2D eigenvalue weighted by molar-refractivity contribution is -0.136. The molecule has 0 N–H and O–H groups in total. The molecule has 1 aliphatic rings. The summed E-state index contributed by atoms with van der Waals surface area (Å²) < 4.78 is 10.1. The van der Waals surface area contributed by atoms with E-state index in [1.807, 2.05) is 18.2 Å². The van der Waals surface area contributed by atoms with E-state index in [4.69, 9.17) is 4.74 Å². The van der Waals surface area contributed by atoms with E-state index in [2.05, 4.69) is 10.8 Å². The second-order valence-electron chi connectivity index (χ2n) is 5.58. The first-order chi connectivity index (χ1) is 11.2. The lowest BCUT2D eigenvalue weighted by Crippen LogP contribution is -2.23. The van der Waals surface area contributed by atoms with Crippen molar-refractivity contribution in [3.05, 3.63) is 65.2 Å². The second-order valence-corrected chi connectivity index (χ2v) is 5.58. The molecule has 3 rings (SSSR count). The minimum atomic E-state index is -0.413. The van der Waals surface area contributed by atoms with Crippen molar-refractivity contribution in [2.75, 3.05) is 7.11 Å². The summed E-state index contributed by atoms with van der Waals surface area (Å²) in [5, 5.41) is 0. The number of rotatable bonds is 3. The van der Waals surface area contributed by atoms with E-state index in [1.165, 1.54) is 12.7 Å². The predicted molar refractivity (Wildman–Crippen MR) is 85.5 cm³/mol. The molecule has 4 heteroatoms. The average Bonchev–Trinajstić information content (AvgIpc) is 2.61. The third-order valence-corrected chi connectivity index (χ3v) is 4.15. The third kappa shape index (κ3) is 3.26. The number of hydrogen-bond acceptors (Lipinski definition) is 4. The largest absolute Gasteiger partial charge is 0.465 e. The Labute approximate surface area is 135 Å². The molecule has 23 heavy (non-hydrogen) atoms. The Morgan fingerprint density at radius 2 is 1.78 bits per heavy atom. The fourth-order valence-electron chi connectivity index (χ4n) is 2.96. The molecule has 0 heterocycles. The fourth-order valence-corrected chi connectivity index (χ4v) is 2.96. The molecular weight excluding hydrogens is 292 g/mol. The Kier molecular flexibility index (Phi) is 4.42. The minimum absolute atomic E-state index is 0.222.